The van der Waals surface area contributed by atoms with Crippen molar-refractivity contribution in [3.05, 3.63) is 46.2 Å². The highest BCUT2D eigenvalue weighted by atomic mass is 32.1. The van der Waals surface area contributed by atoms with Gasteiger partial charge in [-0.25, -0.2) is 4.79 Å². The lowest BCUT2D eigenvalue weighted by Gasteiger charge is -2.40. The molecule has 1 aromatic carbocycles. The number of aromatic hydroxyl groups is 2. The number of nitrogens with zero attached hydrogens (tertiary/aromatic N) is 1. The molecular weight excluding hydrogens is 516 g/mol. The second-order valence-electron chi connectivity index (χ2n) is 12.1. The molecule has 0 radical (unpaired) electrons. The maximum atomic E-state index is 13.8. The fraction of sp³-hybridized carbons (Fsp3) is 0.567. The van der Waals surface area contributed by atoms with Gasteiger partial charge in [0.1, 0.15) is 12.1 Å². The third-order valence-corrected chi connectivity index (χ3v) is 10.1. The van der Waals surface area contributed by atoms with Crippen LogP contribution in [0.15, 0.2) is 35.7 Å². The van der Waals surface area contributed by atoms with E-state index in [-0.39, 0.29) is 34.2 Å². The molecule has 4 unspecified atom stereocenters. The molecule has 1 aliphatic heterocycles. The van der Waals surface area contributed by atoms with Gasteiger partial charge in [-0.2, -0.15) is 0 Å². The summed E-state index contributed by atoms with van der Waals surface area (Å²) in [5, 5.41) is 24.0. The van der Waals surface area contributed by atoms with E-state index in [9.17, 15) is 24.6 Å². The van der Waals surface area contributed by atoms with Crippen molar-refractivity contribution < 1.29 is 29.3 Å². The zero-order valence-electron chi connectivity index (χ0n) is 23.4. The zero-order chi connectivity index (χ0) is 28.5. The predicted octanol–water partition coefficient (Wildman–Crippen LogP) is 5.41. The van der Waals surface area contributed by atoms with Gasteiger partial charge < -0.3 is 25.2 Å². The van der Waals surface area contributed by atoms with Crippen LogP contribution in [0, 0.1) is 16.7 Å². The van der Waals surface area contributed by atoms with Gasteiger partial charge >= 0.3 is 5.97 Å². The van der Waals surface area contributed by atoms with Crippen LogP contribution in [-0.4, -0.2) is 51.6 Å². The number of phenolic OH excluding ortho intramolecular Hbond substituents is 2. The molecule has 2 aliphatic rings. The third-order valence-electron chi connectivity index (χ3n) is 9.21. The number of carbonyl (C=O) groups excluding carboxylic acids is 3. The van der Waals surface area contributed by atoms with Crippen LogP contribution in [0.25, 0.3) is 0 Å². The van der Waals surface area contributed by atoms with E-state index >= 15 is 0 Å². The van der Waals surface area contributed by atoms with E-state index in [1.165, 1.54) is 28.4 Å². The molecule has 2 fully saturated rings. The number of phenols is 2. The topological polar surface area (TPSA) is 116 Å². The molecule has 8 nitrogen and oxygen atoms in total. The van der Waals surface area contributed by atoms with Crippen molar-refractivity contribution in [2.45, 2.75) is 84.9 Å². The predicted molar refractivity (Wildman–Crippen MR) is 149 cm³/mol. The average Bonchev–Trinajstić information content (AvgIpc) is 3.61. The lowest BCUT2D eigenvalue weighted by molar-refractivity contribution is -0.158. The zero-order valence-corrected chi connectivity index (χ0v) is 24.2. The molecule has 2 heterocycles. The quantitative estimate of drug-likeness (QED) is 0.296. The Labute approximate surface area is 234 Å². The van der Waals surface area contributed by atoms with Crippen LogP contribution in [0.1, 0.15) is 88.0 Å². The highest BCUT2D eigenvalue weighted by Crippen LogP contribution is 2.57. The highest BCUT2D eigenvalue weighted by Gasteiger charge is 2.49. The molecule has 1 saturated carbocycles. The van der Waals surface area contributed by atoms with Crippen molar-refractivity contribution in [2.75, 3.05) is 6.54 Å². The monoisotopic (exact) mass is 556 g/mol. The van der Waals surface area contributed by atoms with E-state index in [0.717, 1.165) is 25.3 Å². The molecule has 1 saturated heterocycles. The summed E-state index contributed by atoms with van der Waals surface area (Å²) in [6.07, 6.45) is 3.96. The number of ether oxygens (including phenoxy) is 1. The first-order valence-electron chi connectivity index (χ1n) is 13.7. The lowest BCUT2D eigenvalue weighted by Crippen LogP contribution is -2.48. The van der Waals surface area contributed by atoms with Gasteiger partial charge in [0.05, 0.1) is 6.10 Å². The fourth-order valence-electron chi connectivity index (χ4n) is 5.94. The van der Waals surface area contributed by atoms with Gasteiger partial charge in [0.15, 0.2) is 11.5 Å². The summed E-state index contributed by atoms with van der Waals surface area (Å²) in [5.74, 6) is -1.67. The highest BCUT2D eigenvalue weighted by molar-refractivity contribution is 7.10. The van der Waals surface area contributed by atoms with Crippen LogP contribution >= 0.6 is 11.3 Å². The Kier molecular flexibility index (Phi) is 8.30. The molecule has 212 valence electrons. The van der Waals surface area contributed by atoms with E-state index in [1.54, 1.807) is 12.1 Å². The largest absolute Gasteiger partial charge is 0.504 e. The van der Waals surface area contributed by atoms with Gasteiger partial charge in [-0.3, -0.25) is 9.59 Å². The molecule has 9 heteroatoms. The van der Waals surface area contributed by atoms with Crippen LogP contribution in [0.2, 0.25) is 0 Å². The number of hydrogen-bond donors (Lipinski definition) is 3. The van der Waals surface area contributed by atoms with Gasteiger partial charge in [0.25, 0.3) is 11.8 Å². The second kappa shape index (κ2) is 11.2. The van der Waals surface area contributed by atoms with E-state index < -0.39 is 29.7 Å². The minimum Gasteiger partial charge on any atom is -0.504 e. The molecule has 2 aromatic rings. The van der Waals surface area contributed by atoms with Crippen LogP contribution in [0.3, 0.4) is 0 Å². The Hall–Kier alpha value is -3.07. The smallest absolute Gasteiger partial charge is 0.329 e. The summed E-state index contributed by atoms with van der Waals surface area (Å²) in [4.78, 5) is 42.2. The SMILES string of the molecule is CC(CC1CCC(C)(C)C1(C)C)OC(=O)C1CCCN1C(=O)C(NC(=O)c1ccc(O)c(O)c1)c1cccs1. The normalized spacial score (nSPS) is 23.3. The molecule has 0 spiro atoms. The third kappa shape index (κ3) is 5.93. The van der Waals surface area contributed by atoms with E-state index in [2.05, 4.69) is 33.0 Å². The minimum absolute atomic E-state index is 0.101. The Bertz CT molecular complexity index is 1210. The number of amides is 2. The van der Waals surface area contributed by atoms with Crippen molar-refractivity contribution in [3.63, 3.8) is 0 Å². The summed E-state index contributed by atoms with van der Waals surface area (Å²) >= 11 is 1.33. The van der Waals surface area contributed by atoms with Crippen molar-refractivity contribution in [2.24, 2.45) is 16.7 Å². The molecule has 2 amide bonds. The summed E-state index contributed by atoms with van der Waals surface area (Å²) in [5.41, 5.74) is 0.475. The van der Waals surface area contributed by atoms with Gasteiger partial charge in [0, 0.05) is 17.0 Å². The van der Waals surface area contributed by atoms with E-state index in [4.69, 9.17) is 4.74 Å². The number of hydrogen-bond acceptors (Lipinski definition) is 7. The second-order valence-corrected chi connectivity index (χ2v) is 13.1. The maximum Gasteiger partial charge on any atom is 0.329 e. The lowest BCUT2D eigenvalue weighted by atomic mass is 9.66. The number of benzene rings is 1. The summed E-state index contributed by atoms with van der Waals surface area (Å²) in [7, 11) is 0. The van der Waals surface area contributed by atoms with Crippen LogP contribution in [0.5, 0.6) is 11.5 Å². The first-order valence-corrected chi connectivity index (χ1v) is 14.6. The van der Waals surface area contributed by atoms with Crippen LogP contribution < -0.4 is 5.32 Å². The molecule has 1 aromatic heterocycles. The van der Waals surface area contributed by atoms with Crippen molar-refractivity contribution in [1.29, 1.82) is 0 Å². The number of rotatable bonds is 8. The van der Waals surface area contributed by atoms with Gasteiger partial charge in [-0.05, 0) is 85.4 Å². The summed E-state index contributed by atoms with van der Waals surface area (Å²) in [6.45, 7) is 11.5. The Morgan fingerprint density at radius 3 is 2.49 bits per heavy atom. The Balaban J connectivity index is 1.45. The summed E-state index contributed by atoms with van der Waals surface area (Å²) < 4.78 is 5.91. The molecular formula is C30H40N2O6S. The number of carbonyl (C=O) groups is 3. The number of nitrogens with one attached hydrogen (secondary N) is 1. The van der Waals surface area contributed by atoms with Crippen molar-refractivity contribution in [1.82, 2.24) is 10.2 Å². The number of esters is 1. The maximum absolute atomic E-state index is 13.8. The van der Waals surface area contributed by atoms with Gasteiger partial charge in [-0.15, -0.1) is 11.3 Å². The molecule has 0 bridgehead atoms. The standard InChI is InChI=1S/C30H40N2O6S/c1-18(16-20-12-13-29(2,3)30(20,4)5)38-28(37)21-8-6-14-32(21)27(36)25(24-9-7-15-39-24)31-26(35)19-10-11-22(33)23(34)17-19/h7,9-11,15,17-18,20-21,25,33-34H,6,8,12-14,16H2,1-5H3,(H,31,35). The average molecular weight is 557 g/mol. The van der Waals surface area contributed by atoms with Crippen LogP contribution in [0.4, 0.5) is 0 Å². The molecule has 4 rings (SSSR count). The minimum atomic E-state index is -0.999. The van der Waals surface area contributed by atoms with E-state index in [1.807, 2.05) is 12.3 Å². The number of likely N-dealkylation sites (tertiary alicyclic amines) is 1. The van der Waals surface area contributed by atoms with Crippen LogP contribution in [-0.2, 0) is 14.3 Å². The first kappa shape index (κ1) is 28.9. The Morgan fingerprint density at radius 1 is 1.13 bits per heavy atom. The van der Waals surface area contributed by atoms with Gasteiger partial charge in [0.2, 0.25) is 0 Å². The first-order chi connectivity index (χ1) is 18.3. The number of thiophene rings is 1. The van der Waals surface area contributed by atoms with E-state index in [0.29, 0.717) is 30.2 Å². The molecule has 1 aliphatic carbocycles. The Morgan fingerprint density at radius 2 is 1.87 bits per heavy atom. The molecule has 4 atom stereocenters. The van der Waals surface area contributed by atoms with Crippen molar-refractivity contribution in [3.8, 4) is 11.5 Å². The fourth-order valence-corrected chi connectivity index (χ4v) is 6.71. The molecule has 3 N–H and O–H groups in total. The van der Waals surface area contributed by atoms with Crippen molar-refractivity contribution >= 4 is 29.1 Å². The van der Waals surface area contributed by atoms with Gasteiger partial charge in [-0.1, -0.05) is 33.8 Å². The molecule has 39 heavy (non-hydrogen) atoms. The summed E-state index contributed by atoms with van der Waals surface area (Å²) in [6, 6.07) is 5.58.